The topological polar surface area (TPSA) is 97.6 Å². The van der Waals surface area contributed by atoms with Crippen LogP contribution >= 0.6 is 0 Å². The van der Waals surface area contributed by atoms with Gasteiger partial charge in [-0.1, -0.05) is 37.3 Å². The molecule has 1 aromatic heterocycles. The lowest BCUT2D eigenvalue weighted by Crippen LogP contribution is -2.41. The normalized spacial score (nSPS) is 11.2. The van der Waals surface area contributed by atoms with E-state index in [1.165, 1.54) is 18.2 Å². The first-order valence-electron chi connectivity index (χ1n) is 8.65. The number of ether oxygens (including phenoxy) is 1. The molecule has 0 saturated heterocycles. The fourth-order valence-corrected chi connectivity index (χ4v) is 3.23. The van der Waals surface area contributed by atoms with E-state index < -0.39 is 15.9 Å². The SMILES string of the molecule is CCc1ccc(S(=O)(=O)NNC(=O)c2ccc(COc3ccccc3)o2)cc1. The minimum atomic E-state index is -3.88. The lowest BCUT2D eigenvalue weighted by molar-refractivity contribution is 0.0913. The minimum absolute atomic E-state index is 0.0318. The predicted octanol–water partition coefficient (Wildman–Crippen LogP) is 3.04. The number of hydrazine groups is 1. The summed E-state index contributed by atoms with van der Waals surface area (Å²) in [7, 11) is -3.88. The molecular weight excluding hydrogens is 380 g/mol. The molecule has 0 unspecified atom stereocenters. The predicted molar refractivity (Wildman–Crippen MR) is 103 cm³/mol. The van der Waals surface area contributed by atoms with Crippen LogP contribution in [0.1, 0.15) is 28.8 Å². The minimum Gasteiger partial charge on any atom is -0.486 e. The Balaban J connectivity index is 1.56. The Morgan fingerprint density at radius 3 is 2.39 bits per heavy atom. The maximum atomic E-state index is 12.3. The van der Waals surface area contributed by atoms with E-state index in [0.717, 1.165) is 12.0 Å². The number of para-hydroxylation sites is 1. The Morgan fingerprint density at radius 1 is 1.00 bits per heavy atom. The molecule has 3 aromatic rings. The summed E-state index contributed by atoms with van der Waals surface area (Å²) in [5, 5.41) is 0. The summed E-state index contributed by atoms with van der Waals surface area (Å²) in [6, 6.07) is 18.6. The summed E-state index contributed by atoms with van der Waals surface area (Å²) in [4.78, 5) is 14.3. The Hall–Kier alpha value is -3.10. The number of amides is 1. The van der Waals surface area contributed by atoms with Crippen LogP contribution in [0.25, 0.3) is 0 Å². The number of sulfonamides is 1. The average molecular weight is 400 g/mol. The van der Waals surface area contributed by atoms with Gasteiger partial charge in [0.25, 0.3) is 10.0 Å². The van der Waals surface area contributed by atoms with Crippen molar-refractivity contribution < 1.29 is 22.4 Å². The Labute approximate surface area is 163 Å². The van der Waals surface area contributed by atoms with Crippen LogP contribution in [0, 0.1) is 0 Å². The van der Waals surface area contributed by atoms with Gasteiger partial charge in [-0.25, -0.2) is 8.42 Å². The van der Waals surface area contributed by atoms with Gasteiger partial charge in [0.2, 0.25) is 0 Å². The van der Waals surface area contributed by atoms with Gasteiger partial charge in [0, 0.05) is 0 Å². The van der Waals surface area contributed by atoms with Crippen LogP contribution in [0.2, 0.25) is 0 Å². The standard InChI is InChI=1S/C20H20N2O5S/c1-2-15-8-11-18(12-9-15)28(24,25)22-21-20(23)19-13-10-17(27-19)14-26-16-6-4-3-5-7-16/h3-13,22H,2,14H2,1H3,(H,21,23). The molecule has 0 fully saturated rings. The van der Waals surface area contributed by atoms with Crippen molar-refractivity contribution in [2.45, 2.75) is 24.8 Å². The van der Waals surface area contributed by atoms with Crippen LogP contribution in [0.4, 0.5) is 0 Å². The lowest BCUT2D eigenvalue weighted by atomic mass is 10.2. The zero-order chi connectivity index (χ0) is 20.0. The van der Waals surface area contributed by atoms with Crippen LogP contribution in [0.5, 0.6) is 5.75 Å². The average Bonchev–Trinajstić information content (AvgIpc) is 3.20. The largest absolute Gasteiger partial charge is 0.486 e. The number of hydrogen-bond donors (Lipinski definition) is 2. The number of carbonyl (C=O) groups excluding carboxylic acids is 1. The Kier molecular flexibility index (Phi) is 6.13. The van der Waals surface area contributed by atoms with Crippen molar-refractivity contribution in [2.75, 3.05) is 0 Å². The second-order valence-electron chi connectivity index (χ2n) is 5.92. The first-order chi connectivity index (χ1) is 13.5. The molecule has 146 valence electrons. The van der Waals surface area contributed by atoms with Crippen molar-refractivity contribution in [1.29, 1.82) is 0 Å². The molecule has 0 aliphatic carbocycles. The van der Waals surface area contributed by atoms with Crippen LogP contribution < -0.4 is 15.0 Å². The van der Waals surface area contributed by atoms with Gasteiger partial charge in [0.15, 0.2) is 5.76 Å². The zero-order valence-corrected chi connectivity index (χ0v) is 16.0. The maximum absolute atomic E-state index is 12.3. The highest BCUT2D eigenvalue weighted by atomic mass is 32.2. The van der Waals surface area contributed by atoms with Crippen molar-refractivity contribution in [1.82, 2.24) is 10.3 Å². The van der Waals surface area contributed by atoms with Crippen molar-refractivity contribution in [3.05, 3.63) is 83.8 Å². The maximum Gasteiger partial charge on any atom is 0.301 e. The van der Waals surface area contributed by atoms with E-state index in [0.29, 0.717) is 11.5 Å². The smallest absolute Gasteiger partial charge is 0.301 e. The van der Waals surface area contributed by atoms with E-state index in [4.69, 9.17) is 9.15 Å². The molecule has 0 atom stereocenters. The highest BCUT2D eigenvalue weighted by Crippen LogP contribution is 2.14. The Bertz CT molecular complexity index is 1030. The Morgan fingerprint density at radius 2 is 1.71 bits per heavy atom. The molecule has 1 amide bonds. The molecule has 0 radical (unpaired) electrons. The summed E-state index contributed by atoms with van der Waals surface area (Å²) < 4.78 is 35.4. The van der Waals surface area contributed by atoms with Crippen molar-refractivity contribution in [2.24, 2.45) is 0 Å². The van der Waals surface area contributed by atoms with Crippen molar-refractivity contribution in [3.63, 3.8) is 0 Å². The van der Waals surface area contributed by atoms with Gasteiger partial charge in [-0.05, 0) is 48.4 Å². The summed E-state index contributed by atoms with van der Waals surface area (Å²) in [6.45, 7) is 2.12. The highest BCUT2D eigenvalue weighted by molar-refractivity contribution is 7.89. The van der Waals surface area contributed by atoms with E-state index in [1.807, 2.05) is 25.1 Å². The van der Waals surface area contributed by atoms with E-state index in [1.54, 1.807) is 30.3 Å². The third-order valence-corrected chi connectivity index (χ3v) is 5.21. The molecule has 0 bridgehead atoms. The first-order valence-corrected chi connectivity index (χ1v) is 10.1. The van der Waals surface area contributed by atoms with Gasteiger partial charge in [0.05, 0.1) is 4.90 Å². The number of hydrogen-bond acceptors (Lipinski definition) is 5. The molecule has 0 aliphatic rings. The number of carbonyl (C=O) groups is 1. The zero-order valence-electron chi connectivity index (χ0n) is 15.2. The number of benzene rings is 2. The van der Waals surface area contributed by atoms with Gasteiger partial charge in [-0.3, -0.25) is 10.2 Å². The number of furan rings is 1. The van der Waals surface area contributed by atoms with Gasteiger partial charge < -0.3 is 9.15 Å². The highest BCUT2D eigenvalue weighted by Gasteiger charge is 2.17. The summed E-state index contributed by atoms with van der Waals surface area (Å²) in [6.07, 6.45) is 0.805. The first kappa shape index (κ1) is 19.7. The number of rotatable bonds is 8. The van der Waals surface area contributed by atoms with Crippen LogP contribution in [0.3, 0.4) is 0 Å². The fourth-order valence-electron chi connectivity index (χ4n) is 2.39. The summed E-state index contributed by atoms with van der Waals surface area (Å²) >= 11 is 0. The molecule has 2 N–H and O–H groups in total. The lowest BCUT2D eigenvalue weighted by Gasteiger charge is -2.08. The molecule has 0 aliphatic heterocycles. The van der Waals surface area contributed by atoms with Crippen LogP contribution in [-0.2, 0) is 23.1 Å². The third kappa shape index (κ3) is 4.99. The van der Waals surface area contributed by atoms with Gasteiger partial charge >= 0.3 is 5.91 Å². The molecule has 0 spiro atoms. The molecular formula is C20H20N2O5S. The van der Waals surface area contributed by atoms with Crippen molar-refractivity contribution in [3.8, 4) is 5.75 Å². The van der Waals surface area contributed by atoms with Gasteiger partial charge in [-0.15, -0.1) is 4.83 Å². The quantitative estimate of drug-likeness (QED) is 0.567. The molecule has 3 rings (SSSR count). The van der Waals surface area contributed by atoms with Gasteiger partial charge in [0.1, 0.15) is 18.1 Å². The second kappa shape index (κ2) is 8.73. The molecule has 8 heteroatoms. The number of nitrogens with one attached hydrogen (secondary N) is 2. The third-order valence-electron chi connectivity index (χ3n) is 3.95. The van der Waals surface area contributed by atoms with E-state index in [9.17, 15) is 13.2 Å². The summed E-state index contributed by atoms with van der Waals surface area (Å²) in [5.41, 5.74) is 3.16. The molecule has 1 heterocycles. The molecule has 2 aromatic carbocycles. The van der Waals surface area contributed by atoms with E-state index in [2.05, 4.69) is 10.3 Å². The van der Waals surface area contributed by atoms with Crippen LogP contribution in [-0.4, -0.2) is 14.3 Å². The van der Waals surface area contributed by atoms with Crippen molar-refractivity contribution >= 4 is 15.9 Å². The molecule has 0 saturated carbocycles. The van der Waals surface area contributed by atoms with Gasteiger partial charge in [-0.2, -0.15) is 0 Å². The van der Waals surface area contributed by atoms with E-state index in [-0.39, 0.29) is 17.3 Å². The molecule has 7 nitrogen and oxygen atoms in total. The molecule has 28 heavy (non-hydrogen) atoms. The monoisotopic (exact) mass is 400 g/mol. The summed E-state index contributed by atoms with van der Waals surface area (Å²) in [5.74, 6) is 0.370. The fraction of sp³-hybridized carbons (Fsp3) is 0.150. The van der Waals surface area contributed by atoms with Crippen LogP contribution in [0.15, 0.2) is 76.0 Å². The second-order valence-corrected chi connectivity index (χ2v) is 7.61. The number of aryl methyl sites for hydroxylation is 1. The van der Waals surface area contributed by atoms with E-state index >= 15 is 0 Å².